The van der Waals surface area contributed by atoms with Crippen LogP contribution in [0.1, 0.15) is 21.5 Å². The van der Waals surface area contributed by atoms with Gasteiger partial charge in [0.25, 0.3) is 0 Å². The van der Waals surface area contributed by atoms with E-state index in [2.05, 4.69) is 10.5 Å². The number of aromatic carboxylic acids is 1. The van der Waals surface area contributed by atoms with Crippen LogP contribution < -0.4 is 20.0 Å². The summed E-state index contributed by atoms with van der Waals surface area (Å²) in [4.78, 5) is 24.3. The van der Waals surface area contributed by atoms with Crippen LogP contribution in [0.3, 0.4) is 0 Å². The average Bonchev–Trinajstić information content (AvgIpc) is 2.66. The number of aryl methyl sites for hydroxylation is 1. The number of nitrogens with one attached hydrogen (secondary N) is 1. The van der Waals surface area contributed by atoms with E-state index >= 15 is 0 Å². The highest BCUT2D eigenvalue weighted by Gasteiger charge is 2.15. The number of carboxylic acid groups (broad SMARTS) is 1. The first kappa shape index (κ1) is 20.3. The number of carbonyl (C=O) groups is 2. The molecule has 0 radical (unpaired) electrons. The molecule has 8 heteroatoms. The SMILES string of the molecule is COc1ccc(/C=N\NC(=O)CSc2ccc(C)cc2)c(C(=O)[O-])c1OC. The minimum atomic E-state index is -1.44. The molecule has 0 saturated carbocycles. The fourth-order valence-electron chi connectivity index (χ4n) is 2.25. The number of hydrazone groups is 1. The molecule has 0 spiro atoms. The number of thioether (sulfide) groups is 1. The van der Waals surface area contributed by atoms with Crippen molar-refractivity contribution in [2.75, 3.05) is 20.0 Å². The van der Waals surface area contributed by atoms with Crippen molar-refractivity contribution in [3.8, 4) is 11.5 Å². The maximum absolute atomic E-state index is 11.9. The van der Waals surface area contributed by atoms with E-state index in [0.717, 1.165) is 10.5 Å². The first-order valence-electron chi connectivity index (χ1n) is 7.94. The maximum atomic E-state index is 11.9. The van der Waals surface area contributed by atoms with Gasteiger partial charge >= 0.3 is 0 Å². The summed E-state index contributed by atoms with van der Waals surface area (Å²) in [5.74, 6) is -1.28. The Kier molecular flexibility index (Phi) is 7.25. The summed E-state index contributed by atoms with van der Waals surface area (Å²) in [5.41, 5.74) is 3.53. The van der Waals surface area contributed by atoms with E-state index in [-0.39, 0.29) is 34.3 Å². The molecule has 0 saturated heterocycles. The van der Waals surface area contributed by atoms with E-state index in [9.17, 15) is 14.7 Å². The standard InChI is InChI=1S/C19H20N2O5S/c1-12-4-7-14(8-5-12)27-11-16(22)21-20-10-13-6-9-15(25-2)18(26-3)17(13)19(23)24/h4-10H,11H2,1-3H3,(H,21,22)(H,23,24)/p-1/b20-10-. The molecule has 0 bridgehead atoms. The molecular weight excluding hydrogens is 368 g/mol. The van der Waals surface area contributed by atoms with Gasteiger partial charge in [0.05, 0.1) is 37.7 Å². The summed E-state index contributed by atoms with van der Waals surface area (Å²) < 4.78 is 10.2. The van der Waals surface area contributed by atoms with Crippen molar-refractivity contribution in [3.05, 3.63) is 53.1 Å². The smallest absolute Gasteiger partial charge is 0.250 e. The van der Waals surface area contributed by atoms with Crippen LogP contribution in [0.2, 0.25) is 0 Å². The molecule has 0 aliphatic heterocycles. The fourth-order valence-corrected chi connectivity index (χ4v) is 2.94. The summed E-state index contributed by atoms with van der Waals surface area (Å²) in [5, 5.41) is 15.3. The molecule has 0 fully saturated rings. The van der Waals surface area contributed by atoms with Gasteiger partial charge in [-0.05, 0) is 31.2 Å². The van der Waals surface area contributed by atoms with Crippen molar-refractivity contribution in [2.45, 2.75) is 11.8 Å². The Morgan fingerprint density at radius 2 is 1.85 bits per heavy atom. The first-order chi connectivity index (χ1) is 13.0. The second kappa shape index (κ2) is 9.63. The molecule has 142 valence electrons. The Labute approximate surface area is 161 Å². The molecule has 2 aromatic rings. The van der Waals surface area contributed by atoms with Crippen molar-refractivity contribution >= 4 is 29.9 Å². The van der Waals surface area contributed by atoms with Crippen LogP contribution in [0.4, 0.5) is 0 Å². The number of amides is 1. The third kappa shape index (κ3) is 5.49. The lowest BCUT2D eigenvalue weighted by atomic mass is 10.1. The summed E-state index contributed by atoms with van der Waals surface area (Å²) in [6.07, 6.45) is 1.22. The van der Waals surface area contributed by atoms with Crippen LogP contribution in [0.5, 0.6) is 11.5 Å². The van der Waals surface area contributed by atoms with Crippen molar-refractivity contribution in [1.82, 2.24) is 5.43 Å². The van der Waals surface area contributed by atoms with Gasteiger partial charge in [-0.1, -0.05) is 17.7 Å². The van der Waals surface area contributed by atoms with Crippen LogP contribution in [0.15, 0.2) is 46.4 Å². The second-order valence-electron chi connectivity index (χ2n) is 5.45. The number of hydrogen-bond donors (Lipinski definition) is 1. The third-order valence-electron chi connectivity index (χ3n) is 3.57. The molecule has 0 atom stereocenters. The quantitative estimate of drug-likeness (QED) is 0.420. The highest BCUT2D eigenvalue weighted by Crippen LogP contribution is 2.32. The Morgan fingerprint density at radius 3 is 2.44 bits per heavy atom. The monoisotopic (exact) mass is 387 g/mol. The van der Waals surface area contributed by atoms with E-state index in [4.69, 9.17) is 9.47 Å². The zero-order valence-corrected chi connectivity index (χ0v) is 16.0. The van der Waals surface area contributed by atoms with Crippen LogP contribution in [0, 0.1) is 6.92 Å². The van der Waals surface area contributed by atoms with E-state index in [1.54, 1.807) is 6.07 Å². The van der Waals surface area contributed by atoms with Crippen LogP contribution >= 0.6 is 11.8 Å². The second-order valence-corrected chi connectivity index (χ2v) is 6.50. The lowest BCUT2D eigenvalue weighted by Crippen LogP contribution is -2.25. The Hall–Kier alpha value is -3.00. The number of carboxylic acids is 1. The number of methoxy groups -OCH3 is 2. The van der Waals surface area contributed by atoms with Gasteiger partial charge in [-0.3, -0.25) is 4.79 Å². The van der Waals surface area contributed by atoms with E-state index < -0.39 is 5.97 Å². The average molecular weight is 387 g/mol. The van der Waals surface area contributed by atoms with Crippen molar-refractivity contribution in [2.24, 2.45) is 5.10 Å². The van der Waals surface area contributed by atoms with Gasteiger partial charge < -0.3 is 19.4 Å². The Balaban J connectivity index is 2.03. The largest absolute Gasteiger partial charge is 0.545 e. The van der Waals surface area contributed by atoms with Crippen LogP contribution in [-0.4, -0.2) is 38.1 Å². The van der Waals surface area contributed by atoms with Crippen LogP contribution in [-0.2, 0) is 4.79 Å². The Morgan fingerprint density at radius 1 is 1.15 bits per heavy atom. The molecule has 1 amide bonds. The predicted molar refractivity (Wildman–Crippen MR) is 102 cm³/mol. The molecule has 0 heterocycles. The summed E-state index contributed by atoms with van der Waals surface area (Å²) >= 11 is 1.38. The molecule has 2 rings (SSSR count). The normalized spacial score (nSPS) is 10.6. The Bertz CT molecular complexity index is 850. The number of rotatable bonds is 8. The fraction of sp³-hybridized carbons (Fsp3) is 0.211. The summed E-state index contributed by atoms with van der Waals surface area (Å²) in [6.45, 7) is 1.99. The minimum absolute atomic E-state index is 0.0303. The molecule has 0 unspecified atom stereocenters. The first-order valence-corrected chi connectivity index (χ1v) is 8.92. The molecular formula is C19H19N2O5S-. The van der Waals surface area contributed by atoms with Gasteiger partial charge in [0.2, 0.25) is 5.91 Å². The van der Waals surface area contributed by atoms with Gasteiger partial charge in [0.1, 0.15) is 0 Å². The lowest BCUT2D eigenvalue weighted by Gasteiger charge is -2.15. The van der Waals surface area contributed by atoms with Gasteiger partial charge in [0.15, 0.2) is 11.5 Å². The van der Waals surface area contributed by atoms with Gasteiger partial charge in [-0.15, -0.1) is 11.8 Å². The summed E-state index contributed by atoms with van der Waals surface area (Å²) in [7, 11) is 2.73. The number of ether oxygens (including phenoxy) is 2. The van der Waals surface area contributed by atoms with Crippen molar-refractivity contribution < 1.29 is 24.2 Å². The van der Waals surface area contributed by atoms with Gasteiger partial charge in [0, 0.05) is 10.5 Å². The van der Waals surface area contributed by atoms with Gasteiger partial charge in [-0.2, -0.15) is 5.10 Å². The molecule has 0 aliphatic rings. The molecule has 0 aromatic heterocycles. The highest BCUT2D eigenvalue weighted by molar-refractivity contribution is 8.00. The number of carbonyl (C=O) groups excluding carboxylic acids is 2. The molecule has 27 heavy (non-hydrogen) atoms. The van der Waals surface area contributed by atoms with E-state index in [0.29, 0.717) is 0 Å². The topological polar surface area (TPSA) is 100 Å². The molecule has 0 aliphatic carbocycles. The maximum Gasteiger partial charge on any atom is 0.250 e. The highest BCUT2D eigenvalue weighted by atomic mass is 32.2. The van der Waals surface area contributed by atoms with E-state index in [1.165, 1.54) is 38.3 Å². The number of hydrogen-bond acceptors (Lipinski definition) is 7. The van der Waals surface area contributed by atoms with Crippen molar-refractivity contribution in [1.29, 1.82) is 0 Å². The zero-order valence-electron chi connectivity index (χ0n) is 15.1. The third-order valence-corrected chi connectivity index (χ3v) is 4.58. The van der Waals surface area contributed by atoms with Crippen molar-refractivity contribution in [3.63, 3.8) is 0 Å². The molecule has 7 nitrogen and oxygen atoms in total. The molecule has 1 N–H and O–H groups in total. The zero-order chi connectivity index (χ0) is 19.8. The predicted octanol–water partition coefficient (Wildman–Crippen LogP) is 1.62. The lowest BCUT2D eigenvalue weighted by molar-refractivity contribution is -0.255. The number of benzene rings is 2. The van der Waals surface area contributed by atoms with Gasteiger partial charge in [-0.25, -0.2) is 5.43 Å². The van der Waals surface area contributed by atoms with Crippen LogP contribution in [0.25, 0.3) is 0 Å². The number of nitrogens with zero attached hydrogens (tertiary/aromatic N) is 1. The molecule has 2 aromatic carbocycles. The minimum Gasteiger partial charge on any atom is -0.545 e. The summed E-state index contributed by atoms with van der Waals surface area (Å²) in [6, 6.07) is 10.8. The van der Waals surface area contributed by atoms with E-state index in [1.807, 2.05) is 31.2 Å².